The number of hydrogen-bond acceptors (Lipinski definition) is 6. The zero-order valence-electron chi connectivity index (χ0n) is 29.0. The number of nitrogens with zero attached hydrogens (tertiary/aromatic N) is 2. The molecule has 0 bridgehead atoms. The predicted molar refractivity (Wildman–Crippen MR) is 182 cm³/mol. The van der Waals surface area contributed by atoms with E-state index in [4.69, 9.17) is 0 Å². The van der Waals surface area contributed by atoms with Crippen LogP contribution in [0.25, 0.3) is 0 Å². The minimum absolute atomic E-state index is 0.00352. The lowest BCUT2D eigenvalue weighted by Gasteiger charge is -2.33. The molecule has 1 heterocycles. The Kier molecular flexibility index (Phi) is 13.7. The smallest absolute Gasteiger partial charge is 0.245 e. The third-order valence-corrected chi connectivity index (χ3v) is 8.41. The van der Waals surface area contributed by atoms with E-state index in [9.17, 15) is 28.8 Å². The lowest BCUT2D eigenvalue weighted by Crippen LogP contribution is -2.59. The summed E-state index contributed by atoms with van der Waals surface area (Å²) in [4.78, 5) is 84.1. The molecule has 1 aliphatic rings. The first-order valence-corrected chi connectivity index (χ1v) is 16.5. The first kappa shape index (κ1) is 37.7. The Morgan fingerprint density at radius 3 is 1.98 bits per heavy atom. The fourth-order valence-electron chi connectivity index (χ4n) is 5.42. The standard InChI is InChI=1S/C36H50N6O6/c1-22(2)18-31(44)42-20-29(27-16-12-9-13-17-27)39-33(45)24(5)37-35(47)32(23(3)4)40-34(46)25(6)41(7)36(48)28(38-30(43)21-42)19-26-14-10-8-11-15-26/h8-17,22-25,28-29,32H,18-21H2,1-7H3,(H,37,47)(H,38,43)(H,39,45)(H,40,46)/t24-,25-,28-,29-,32+/m0/s1. The van der Waals surface area contributed by atoms with Crippen LogP contribution in [0.15, 0.2) is 60.7 Å². The molecule has 5 atom stereocenters. The number of carbonyl (C=O) groups is 6. The fraction of sp³-hybridized carbons (Fsp3) is 0.500. The maximum atomic E-state index is 13.9. The van der Waals surface area contributed by atoms with Gasteiger partial charge < -0.3 is 31.1 Å². The van der Waals surface area contributed by atoms with Gasteiger partial charge in [-0.1, -0.05) is 88.4 Å². The van der Waals surface area contributed by atoms with Crippen LogP contribution in [-0.4, -0.2) is 89.5 Å². The Morgan fingerprint density at radius 2 is 1.40 bits per heavy atom. The molecule has 1 saturated heterocycles. The molecule has 0 saturated carbocycles. The van der Waals surface area contributed by atoms with E-state index >= 15 is 0 Å². The number of carbonyl (C=O) groups excluding carboxylic acids is 6. The van der Waals surface area contributed by atoms with Crippen LogP contribution in [0.1, 0.15) is 65.1 Å². The van der Waals surface area contributed by atoms with Crippen LogP contribution in [0, 0.1) is 11.8 Å². The maximum absolute atomic E-state index is 13.9. The predicted octanol–water partition coefficient (Wildman–Crippen LogP) is 1.95. The van der Waals surface area contributed by atoms with Gasteiger partial charge in [-0.2, -0.15) is 0 Å². The molecule has 1 aliphatic heterocycles. The molecule has 0 radical (unpaired) electrons. The van der Waals surface area contributed by atoms with Crippen molar-refractivity contribution in [2.75, 3.05) is 20.1 Å². The topological polar surface area (TPSA) is 157 Å². The lowest BCUT2D eigenvalue weighted by molar-refractivity contribution is -0.143. The molecule has 0 aliphatic carbocycles. The van der Waals surface area contributed by atoms with Gasteiger partial charge in [0.2, 0.25) is 35.4 Å². The summed E-state index contributed by atoms with van der Waals surface area (Å²) in [6, 6.07) is 13.4. The van der Waals surface area contributed by atoms with Gasteiger partial charge >= 0.3 is 0 Å². The van der Waals surface area contributed by atoms with Gasteiger partial charge in [0.25, 0.3) is 0 Å². The molecule has 4 N–H and O–H groups in total. The Bertz CT molecular complexity index is 1430. The Labute approximate surface area is 283 Å². The molecule has 2 aromatic carbocycles. The number of likely N-dealkylation sites (N-methyl/N-ethyl adjacent to an activating group) is 1. The lowest BCUT2D eigenvalue weighted by atomic mass is 10.0. The minimum Gasteiger partial charge on any atom is -0.346 e. The highest BCUT2D eigenvalue weighted by Crippen LogP contribution is 2.17. The monoisotopic (exact) mass is 662 g/mol. The third-order valence-electron chi connectivity index (χ3n) is 8.41. The van der Waals surface area contributed by atoms with E-state index in [0.29, 0.717) is 5.56 Å². The first-order valence-electron chi connectivity index (χ1n) is 16.5. The highest BCUT2D eigenvalue weighted by Gasteiger charge is 2.35. The van der Waals surface area contributed by atoms with Gasteiger partial charge in [0.15, 0.2) is 0 Å². The SMILES string of the molecule is CC(C)CC(=O)N1CC(=O)N[C@@H](Cc2ccccc2)C(=O)N(C)[C@@H](C)C(=O)N[C@H](C(C)C)C(=O)N[C@@H](C)C(=O)N[C@H](c2ccccc2)C1. The number of benzene rings is 2. The summed E-state index contributed by atoms with van der Waals surface area (Å²) < 4.78 is 0. The van der Waals surface area contributed by atoms with E-state index in [1.807, 2.05) is 50.2 Å². The average molecular weight is 663 g/mol. The fourth-order valence-corrected chi connectivity index (χ4v) is 5.42. The summed E-state index contributed by atoms with van der Waals surface area (Å²) >= 11 is 0. The van der Waals surface area contributed by atoms with Crippen LogP contribution >= 0.6 is 0 Å². The molecule has 1 fully saturated rings. The second-order valence-electron chi connectivity index (χ2n) is 13.2. The molecule has 48 heavy (non-hydrogen) atoms. The Morgan fingerprint density at radius 1 is 0.792 bits per heavy atom. The zero-order valence-corrected chi connectivity index (χ0v) is 29.0. The van der Waals surface area contributed by atoms with Crippen LogP contribution in [0.5, 0.6) is 0 Å². The molecule has 12 heteroatoms. The highest BCUT2D eigenvalue weighted by molar-refractivity contribution is 5.96. The van der Waals surface area contributed by atoms with Gasteiger partial charge in [0.05, 0.1) is 12.6 Å². The van der Waals surface area contributed by atoms with Crippen LogP contribution in [-0.2, 0) is 35.2 Å². The summed E-state index contributed by atoms with van der Waals surface area (Å²) in [5, 5.41) is 11.2. The molecule has 0 aromatic heterocycles. The van der Waals surface area contributed by atoms with Crippen LogP contribution in [0.2, 0.25) is 0 Å². The van der Waals surface area contributed by atoms with Crippen LogP contribution in [0.4, 0.5) is 0 Å². The number of hydrogen-bond donors (Lipinski definition) is 4. The summed E-state index contributed by atoms with van der Waals surface area (Å²) in [7, 11) is 1.47. The van der Waals surface area contributed by atoms with Crippen molar-refractivity contribution in [3.8, 4) is 0 Å². The quantitative estimate of drug-likeness (QED) is 0.371. The van der Waals surface area contributed by atoms with E-state index in [1.165, 1.54) is 30.7 Å². The van der Waals surface area contributed by atoms with Crippen LogP contribution in [0.3, 0.4) is 0 Å². The van der Waals surface area contributed by atoms with Crippen molar-refractivity contribution < 1.29 is 28.8 Å². The van der Waals surface area contributed by atoms with Crippen molar-refractivity contribution in [2.24, 2.45) is 11.8 Å². The van der Waals surface area contributed by atoms with Crippen LogP contribution < -0.4 is 21.3 Å². The van der Waals surface area contributed by atoms with E-state index in [1.54, 1.807) is 38.1 Å². The molecular formula is C36H50N6O6. The molecule has 3 rings (SSSR count). The molecule has 0 spiro atoms. The molecule has 6 amide bonds. The molecule has 2 aromatic rings. The van der Waals surface area contributed by atoms with Crippen molar-refractivity contribution in [3.05, 3.63) is 71.8 Å². The van der Waals surface area contributed by atoms with E-state index in [0.717, 1.165) is 5.56 Å². The van der Waals surface area contributed by atoms with E-state index in [-0.39, 0.29) is 43.7 Å². The Hall–Kier alpha value is -4.74. The molecule has 0 unspecified atom stereocenters. The van der Waals surface area contributed by atoms with Crippen molar-refractivity contribution in [1.82, 2.24) is 31.1 Å². The zero-order chi connectivity index (χ0) is 35.5. The van der Waals surface area contributed by atoms with Crippen molar-refractivity contribution >= 4 is 35.4 Å². The molecule has 260 valence electrons. The summed E-state index contributed by atoms with van der Waals surface area (Å²) in [5.74, 6) is -3.34. The van der Waals surface area contributed by atoms with Gasteiger partial charge in [-0.25, -0.2) is 0 Å². The average Bonchev–Trinajstić information content (AvgIpc) is 3.04. The molecule has 12 nitrogen and oxygen atoms in total. The maximum Gasteiger partial charge on any atom is 0.245 e. The largest absolute Gasteiger partial charge is 0.346 e. The van der Waals surface area contributed by atoms with Gasteiger partial charge in [-0.3, -0.25) is 28.8 Å². The molecular weight excluding hydrogens is 612 g/mol. The van der Waals surface area contributed by atoms with Gasteiger partial charge in [0.1, 0.15) is 24.2 Å². The Balaban J connectivity index is 2.08. The van der Waals surface area contributed by atoms with Gasteiger partial charge in [0, 0.05) is 26.4 Å². The van der Waals surface area contributed by atoms with Gasteiger partial charge in [-0.05, 0) is 36.8 Å². The van der Waals surface area contributed by atoms with E-state index < -0.39 is 59.7 Å². The summed E-state index contributed by atoms with van der Waals surface area (Å²) in [6.07, 6.45) is 0.301. The van der Waals surface area contributed by atoms with Gasteiger partial charge in [-0.15, -0.1) is 0 Å². The highest BCUT2D eigenvalue weighted by atomic mass is 16.2. The second kappa shape index (κ2) is 17.4. The minimum atomic E-state index is -1.06. The number of rotatable bonds is 6. The summed E-state index contributed by atoms with van der Waals surface area (Å²) in [6.45, 7) is 9.99. The third kappa shape index (κ3) is 10.6. The van der Waals surface area contributed by atoms with E-state index in [2.05, 4.69) is 21.3 Å². The normalized spacial score (nSPS) is 23.9. The second-order valence-corrected chi connectivity index (χ2v) is 13.2. The van der Waals surface area contributed by atoms with Crippen molar-refractivity contribution in [1.29, 1.82) is 0 Å². The number of amides is 6. The first-order chi connectivity index (χ1) is 22.7. The van der Waals surface area contributed by atoms with Crippen molar-refractivity contribution in [3.63, 3.8) is 0 Å². The summed E-state index contributed by atoms with van der Waals surface area (Å²) in [5.41, 5.74) is 1.48. The van der Waals surface area contributed by atoms with Crippen molar-refractivity contribution in [2.45, 2.75) is 84.6 Å². The number of nitrogens with one attached hydrogen (secondary N) is 4.